The highest BCUT2D eigenvalue weighted by Crippen LogP contribution is 2.22. The smallest absolute Gasteiger partial charge is 0.487 e. The van der Waals surface area contributed by atoms with Crippen molar-refractivity contribution in [3.63, 3.8) is 0 Å². The number of halogens is 2. The van der Waals surface area contributed by atoms with Crippen molar-refractivity contribution in [1.82, 2.24) is 4.98 Å². The molecule has 0 aliphatic heterocycles. The maximum Gasteiger partial charge on any atom is 0.490 e. The third-order valence-corrected chi connectivity index (χ3v) is 3.04. The fraction of sp³-hybridized carbons (Fsp3) is 0.0833. The van der Waals surface area contributed by atoms with E-state index < -0.39 is 7.12 Å². The molecule has 2 N–H and O–H groups in total. The van der Waals surface area contributed by atoms with Crippen LogP contribution in [0.25, 0.3) is 0 Å². The van der Waals surface area contributed by atoms with Crippen LogP contribution in [0.5, 0.6) is 5.75 Å². The summed E-state index contributed by atoms with van der Waals surface area (Å²) in [6.07, 6.45) is 2.83. The number of hydrogen-bond donors (Lipinski definition) is 2. The summed E-state index contributed by atoms with van der Waals surface area (Å²) in [6, 6.07) is 6.59. The first-order valence-corrected chi connectivity index (χ1v) is 6.19. The molecule has 0 spiro atoms. The number of aromatic nitrogens is 1. The number of benzene rings is 1. The van der Waals surface area contributed by atoms with E-state index in [1.165, 1.54) is 18.5 Å². The molecule has 19 heavy (non-hydrogen) atoms. The highest BCUT2D eigenvalue weighted by Gasteiger charge is 2.12. The van der Waals surface area contributed by atoms with Crippen molar-refractivity contribution < 1.29 is 14.8 Å². The molecule has 0 saturated carbocycles. The lowest BCUT2D eigenvalue weighted by atomic mass is 9.82. The number of pyridine rings is 1. The predicted molar refractivity (Wildman–Crippen MR) is 74.9 cm³/mol. The molecule has 0 amide bonds. The largest absolute Gasteiger partial charge is 0.490 e. The molecule has 0 atom stereocenters. The number of rotatable bonds is 4. The zero-order valence-electron chi connectivity index (χ0n) is 9.75. The van der Waals surface area contributed by atoms with Crippen molar-refractivity contribution in [2.75, 3.05) is 0 Å². The van der Waals surface area contributed by atoms with E-state index in [1.54, 1.807) is 18.2 Å². The normalized spacial score (nSPS) is 10.3. The molecule has 1 heterocycles. The quantitative estimate of drug-likeness (QED) is 0.843. The Morgan fingerprint density at radius 3 is 2.68 bits per heavy atom. The van der Waals surface area contributed by atoms with Crippen LogP contribution in [0.1, 0.15) is 5.56 Å². The summed E-state index contributed by atoms with van der Waals surface area (Å²) < 4.78 is 5.49. The molecule has 98 valence electrons. The van der Waals surface area contributed by atoms with E-state index in [1.807, 2.05) is 0 Å². The van der Waals surface area contributed by atoms with Crippen molar-refractivity contribution in [2.24, 2.45) is 0 Å². The topological polar surface area (TPSA) is 62.6 Å². The van der Waals surface area contributed by atoms with Gasteiger partial charge in [-0.2, -0.15) is 0 Å². The Morgan fingerprint density at radius 2 is 1.95 bits per heavy atom. The molecule has 4 nitrogen and oxygen atoms in total. The van der Waals surface area contributed by atoms with Gasteiger partial charge in [0.15, 0.2) is 0 Å². The van der Waals surface area contributed by atoms with E-state index in [4.69, 9.17) is 38.0 Å². The summed E-state index contributed by atoms with van der Waals surface area (Å²) >= 11 is 11.9. The lowest BCUT2D eigenvalue weighted by molar-refractivity contribution is 0.305. The van der Waals surface area contributed by atoms with Gasteiger partial charge in [-0.25, -0.2) is 0 Å². The van der Waals surface area contributed by atoms with Gasteiger partial charge in [-0.1, -0.05) is 23.2 Å². The first kappa shape index (κ1) is 14.2. The molecule has 0 radical (unpaired) electrons. The summed E-state index contributed by atoms with van der Waals surface area (Å²) in [4.78, 5) is 3.85. The van der Waals surface area contributed by atoms with Crippen LogP contribution in [0.15, 0.2) is 36.7 Å². The minimum absolute atomic E-state index is 0.214. The second-order valence-corrected chi connectivity index (χ2v) is 4.70. The Hall–Kier alpha value is -1.27. The second-order valence-electron chi connectivity index (χ2n) is 3.85. The van der Waals surface area contributed by atoms with Gasteiger partial charge < -0.3 is 14.8 Å². The van der Waals surface area contributed by atoms with E-state index in [0.717, 1.165) is 5.56 Å². The van der Waals surface area contributed by atoms with Crippen LogP contribution in [0.2, 0.25) is 10.0 Å². The van der Waals surface area contributed by atoms with Gasteiger partial charge in [-0.15, -0.1) is 0 Å². The Balaban J connectivity index is 2.10. The minimum Gasteiger partial charge on any atom is -0.487 e. The molecular formula is C12H10BCl2NO3. The van der Waals surface area contributed by atoms with Crippen LogP contribution in [0.4, 0.5) is 0 Å². The van der Waals surface area contributed by atoms with E-state index >= 15 is 0 Å². The molecule has 0 unspecified atom stereocenters. The minimum atomic E-state index is -1.58. The van der Waals surface area contributed by atoms with Crippen LogP contribution < -0.4 is 10.2 Å². The summed E-state index contributed by atoms with van der Waals surface area (Å²) in [6.45, 7) is 0.214. The Kier molecular flexibility index (Phi) is 4.66. The zero-order valence-corrected chi connectivity index (χ0v) is 11.3. The maximum absolute atomic E-state index is 9.04. The molecule has 0 aliphatic carbocycles. The SMILES string of the molecule is OB(O)c1cncc(OCc2cc(Cl)ccc2Cl)c1. The number of ether oxygens (including phenoxy) is 1. The molecule has 0 aliphatic rings. The van der Waals surface area contributed by atoms with Gasteiger partial charge >= 0.3 is 7.12 Å². The zero-order chi connectivity index (χ0) is 13.8. The third kappa shape index (κ3) is 3.85. The van der Waals surface area contributed by atoms with E-state index in [-0.39, 0.29) is 12.1 Å². The predicted octanol–water partition coefficient (Wildman–Crippen LogP) is 1.65. The van der Waals surface area contributed by atoms with Gasteiger partial charge in [-0.3, -0.25) is 4.98 Å². The summed E-state index contributed by atoms with van der Waals surface area (Å²) in [5.74, 6) is 0.418. The molecular weight excluding hydrogens is 288 g/mol. The van der Waals surface area contributed by atoms with Crippen LogP contribution in [-0.2, 0) is 6.61 Å². The van der Waals surface area contributed by atoms with Gasteiger partial charge in [0.25, 0.3) is 0 Å². The molecule has 7 heteroatoms. The van der Waals surface area contributed by atoms with Crippen LogP contribution in [0.3, 0.4) is 0 Å². The highest BCUT2D eigenvalue weighted by molar-refractivity contribution is 6.58. The monoisotopic (exact) mass is 297 g/mol. The first-order valence-electron chi connectivity index (χ1n) is 5.44. The van der Waals surface area contributed by atoms with E-state index in [0.29, 0.717) is 15.8 Å². The average molecular weight is 298 g/mol. The fourth-order valence-electron chi connectivity index (χ4n) is 1.47. The summed E-state index contributed by atoms with van der Waals surface area (Å²) in [5, 5.41) is 19.2. The number of hydrogen-bond acceptors (Lipinski definition) is 4. The summed E-state index contributed by atoms with van der Waals surface area (Å²) in [5.41, 5.74) is 0.999. The van der Waals surface area contributed by atoms with Crippen molar-refractivity contribution in [3.8, 4) is 5.75 Å². The van der Waals surface area contributed by atoms with Crippen LogP contribution in [0, 0.1) is 0 Å². The van der Waals surface area contributed by atoms with Crippen LogP contribution in [-0.4, -0.2) is 22.2 Å². The second kappa shape index (κ2) is 6.26. The number of nitrogens with zero attached hydrogens (tertiary/aromatic N) is 1. The Morgan fingerprint density at radius 1 is 1.16 bits per heavy atom. The fourth-order valence-corrected chi connectivity index (χ4v) is 1.84. The van der Waals surface area contributed by atoms with Gasteiger partial charge in [-0.05, 0) is 24.3 Å². The van der Waals surface area contributed by atoms with Crippen molar-refractivity contribution in [3.05, 3.63) is 52.3 Å². The van der Waals surface area contributed by atoms with Gasteiger partial charge in [0.05, 0.1) is 6.20 Å². The Labute approximate surface area is 120 Å². The van der Waals surface area contributed by atoms with Crippen molar-refractivity contribution in [1.29, 1.82) is 0 Å². The van der Waals surface area contributed by atoms with E-state index in [9.17, 15) is 0 Å². The van der Waals surface area contributed by atoms with Gasteiger partial charge in [0.1, 0.15) is 12.4 Å². The van der Waals surface area contributed by atoms with Crippen molar-refractivity contribution >= 4 is 35.8 Å². The molecule has 2 aromatic rings. The molecule has 1 aromatic carbocycles. The molecule has 2 rings (SSSR count). The Bertz CT molecular complexity index is 581. The molecule has 0 saturated heterocycles. The van der Waals surface area contributed by atoms with Crippen molar-refractivity contribution in [2.45, 2.75) is 6.61 Å². The van der Waals surface area contributed by atoms with Gasteiger partial charge in [0.2, 0.25) is 0 Å². The summed E-state index contributed by atoms with van der Waals surface area (Å²) in [7, 11) is -1.58. The standard InChI is InChI=1S/C12H10BCl2NO3/c14-10-1-2-12(15)8(3-10)7-19-11-4-9(13(17)18)5-16-6-11/h1-6,17-18H,7H2. The maximum atomic E-state index is 9.04. The third-order valence-electron chi connectivity index (χ3n) is 2.43. The molecule has 1 aromatic heterocycles. The molecule has 0 bridgehead atoms. The lowest BCUT2D eigenvalue weighted by Crippen LogP contribution is -2.30. The van der Waals surface area contributed by atoms with E-state index in [2.05, 4.69) is 4.98 Å². The lowest BCUT2D eigenvalue weighted by Gasteiger charge is -2.09. The highest BCUT2D eigenvalue weighted by atomic mass is 35.5. The van der Waals surface area contributed by atoms with Gasteiger partial charge in [0, 0.05) is 27.3 Å². The average Bonchev–Trinajstić information content (AvgIpc) is 2.40. The molecule has 0 fully saturated rings. The van der Waals surface area contributed by atoms with Crippen LogP contribution >= 0.6 is 23.2 Å². The first-order chi connectivity index (χ1) is 9.06.